The van der Waals surface area contributed by atoms with Crippen molar-refractivity contribution in [3.8, 4) is 11.4 Å². The number of nitrogens with zero attached hydrogens (tertiary/aromatic N) is 4. The number of carbonyl (C=O) groups is 2. The Morgan fingerprint density at radius 3 is 2.68 bits per heavy atom. The predicted molar refractivity (Wildman–Crippen MR) is 129 cm³/mol. The Bertz CT molecular complexity index is 1040. The minimum Gasteiger partial charge on any atom is -0.384 e. The van der Waals surface area contributed by atoms with E-state index in [2.05, 4.69) is 22.5 Å². The van der Waals surface area contributed by atoms with Crippen LogP contribution in [0.4, 0.5) is 16.3 Å². The van der Waals surface area contributed by atoms with E-state index in [1.54, 1.807) is 4.90 Å². The SMILES string of the molecule is CCNC(=O)Nc1ccc(-c2nc3c(c(N4CCOCC4C)n2)CCN(C(=O)C(C)O)C3)cc1. The molecule has 2 atom stereocenters. The number of anilines is 2. The lowest BCUT2D eigenvalue weighted by atomic mass is 10.0. The van der Waals surface area contributed by atoms with E-state index in [4.69, 9.17) is 14.7 Å². The van der Waals surface area contributed by atoms with Gasteiger partial charge < -0.3 is 30.3 Å². The first-order chi connectivity index (χ1) is 16.4. The number of morpholine rings is 1. The molecule has 1 saturated heterocycles. The van der Waals surface area contributed by atoms with Gasteiger partial charge in [0.25, 0.3) is 5.91 Å². The van der Waals surface area contributed by atoms with Gasteiger partial charge in [0.05, 0.1) is 31.5 Å². The van der Waals surface area contributed by atoms with Crippen molar-refractivity contribution in [3.05, 3.63) is 35.5 Å². The van der Waals surface area contributed by atoms with Gasteiger partial charge in [-0.2, -0.15) is 0 Å². The molecule has 0 bridgehead atoms. The topological polar surface area (TPSA) is 120 Å². The number of aliphatic hydroxyl groups excluding tert-OH is 1. The van der Waals surface area contributed by atoms with E-state index in [-0.39, 0.29) is 18.0 Å². The summed E-state index contributed by atoms with van der Waals surface area (Å²) in [5.74, 6) is 1.14. The average molecular weight is 469 g/mol. The first-order valence-electron chi connectivity index (χ1n) is 11.7. The monoisotopic (exact) mass is 468 g/mol. The summed E-state index contributed by atoms with van der Waals surface area (Å²) in [6, 6.07) is 7.28. The fraction of sp³-hybridized carbons (Fsp3) is 0.500. The quantitative estimate of drug-likeness (QED) is 0.612. The van der Waals surface area contributed by atoms with Crippen LogP contribution in [0.1, 0.15) is 32.0 Å². The van der Waals surface area contributed by atoms with Crippen molar-refractivity contribution in [1.82, 2.24) is 20.2 Å². The van der Waals surface area contributed by atoms with Crippen molar-refractivity contribution in [1.29, 1.82) is 0 Å². The van der Waals surface area contributed by atoms with Crippen LogP contribution < -0.4 is 15.5 Å². The second-order valence-electron chi connectivity index (χ2n) is 8.66. The third kappa shape index (κ3) is 5.13. The van der Waals surface area contributed by atoms with E-state index in [0.29, 0.717) is 50.8 Å². The Kier molecular flexibility index (Phi) is 7.28. The average Bonchev–Trinajstić information content (AvgIpc) is 2.83. The summed E-state index contributed by atoms with van der Waals surface area (Å²) in [6.07, 6.45) is -0.422. The Balaban J connectivity index is 1.69. The molecule has 0 radical (unpaired) electrons. The van der Waals surface area contributed by atoms with Gasteiger partial charge in [0.1, 0.15) is 11.9 Å². The normalized spacial score (nSPS) is 18.8. The lowest BCUT2D eigenvalue weighted by molar-refractivity contribution is -0.140. The van der Waals surface area contributed by atoms with Crippen LogP contribution in [0.25, 0.3) is 11.4 Å². The summed E-state index contributed by atoms with van der Waals surface area (Å²) in [6.45, 7) is 8.84. The van der Waals surface area contributed by atoms with Gasteiger partial charge >= 0.3 is 6.03 Å². The van der Waals surface area contributed by atoms with Crippen LogP contribution in [0.5, 0.6) is 0 Å². The van der Waals surface area contributed by atoms with Crippen molar-refractivity contribution < 1.29 is 19.4 Å². The van der Waals surface area contributed by atoms with Crippen LogP contribution in [0.2, 0.25) is 0 Å². The van der Waals surface area contributed by atoms with Crippen LogP contribution in [0.15, 0.2) is 24.3 Å². The molecule has 3 amide bonds. The predicted octanol–water partition coefficient (Wildman–Crippen LogP) is 1.78. The number of carbonyl (C=O) groups excluding carboxylic acids is 2. The van der Waals surface area contributed by atoms with E-state index in [0.717, 1.165) is 29.2 Å². The second-order valence-corrected chi connectivity index (χ2v) is 8.66. The number of rotatable bonds is 5. The van der Waals surface area contributed by atoms with E-state index < -0.39 is 6.10 Å². The number of amides is 3. The molecule has 3 N–H and O–H groups in total. The van der Waals surface area contributed by atoms with Gasteiger partial charge in [-0.1, -0.05) is 0 Å². The number of urea groups is 1. The smallest absolute Gasteiger partial charge is 0.319 e. The molecule has 2 aliphatic heterocycles. The highest BCUT2D eigenvalue weighted by molar-refractivity contribution is 5.89. The maximum atomic E-state index is 12.4. The Hall–Kier alpha value is -3.24. The molecule has 1 aromatic carbocycles. The molecule has 10 nitrogen and oxygen atoms in total. The number of hydrogen-bond acceptors (Lipinski definition) is 7. The summed E-state index contributed by atoms with van der Waals surface area (Å²) in [4.78, 5) is 37.9. The highest BCUT2D eigenvalue weighted by atomic mass is 16.5. The van der Waals surface area contributed by atoms with Crippen LogP contribution in [0.3, 0.4) is 0 Å². The fourth-order valence-electron chi connectivity index (χ4n) is 4.31. The third-order valence-electron chi connectivity index (χ3n) is 6.09. The first kappa shape index (κ1) is 23.9. The zero-order valence-corrected chi connectivity index (χ0v) is 19.9. The first-order valence-corrected chi connectivity index (χ1v) is 11.7. The summed E-state index contributed by atoms with van der Waals surface area (Å²) in [5.41, 5.74) is 3.32. The summed E-state index contributed by atoms with van der Waals surface area (Å²) in [7, 11) is 0. The van der Waals surface area contributed by atoms with Crippen molar-refractivity contribution in [3.63, 3.8) is 0 Å². The van der Waals surface area contributed by atoms with Crippen LogP contribution >= 0.6 is 0 Å². The summed E-state index contributed by atoms with van der Waals surface area (Å²) >= 11 is 0. The molecule has 182 valence electrons. The minimum atomic E-state index is -1.05. The second kappa shape index (κ2) is 10.4. The van der Waals surface area contributed by atoms with Gasteiger partial charge in [0, 0.05) is 36.4 Å². The van der Waals surface area contributed by atoms with Gasteiger partial charge in [0.15, 0.2) is 5.82 Å². The lowest BCUT2D eigenvalue weighted by Crippen LogP contribution is -2.46. The van der Waals surface area contributed by atoms with E-state index in [1.165, 1.54) is 6.92 Å². The Labute approximate surface area is 199 Å². The molecule has 3 heterocycles. The van der Waals surface area contributed by atoms with Crippen LogP contribution in [0, 0.1) is 0 Å². The number of fused-ring (bicyclic) bond motifs is 1. The van der Waals surface area contributed by atoms with Gasteiger partial charge in [-0.15, -0.1) is 0 Å². The van der Waals surface area contributed by atoms with Gasteiger partial charge in [-0.05, 0) is 51.5 Å². The molecule has 0 aliphatic carbocycles. The molecule has 34 heavy (non-hydrogen) atoms. The minimum absolute atomic E-state index is 0.168. The van der Waals surface area contributed by atoms with Gasteiger partial charge in [0.2, 0.25) is 0 Å². The van der Waals surface area contributed by atoms with Gasteiger partial charge in [-0.3, -0.25) is 4.79 Å². The highest BCUT2D eigenvalue weighted by Gasteiger charge is 2.31. The molecule has 2 aliphatic rings. The molecule has 0 saturated carbocycles. The summed E-state index contributed by atoms with van der Waals surface area (Å²) < 4.78 is 5.62. The zero-order valence-electron chi connectivity index (χ0n) is 19.9. The maximum absolute atomic E-state index is 12.4. The molecule has 4 rings (SSSR count). The molecule has 2 unspecified atom stereocenters. The van der Waals surface area contributed by atoms with Crippen molar-refractivity contribution >= 4 is 23.4 Å². The third-order valence-corrected chi connectivity index (χ3v) is 6.09. The standard InChI is InChI=1S/C24H32N6O4/c1-4-25-24(33)26-18-7-5-17(6-8-18)21-27-20-13-29(23(32)16(3)31)10-9-19(20)22(28-21)30-11-12-34-14-15(30)2/h5-8,15-16,31H,4,9-14H2,1-3H3,(H2,25,26,33). The molecule has 2 aromatic rings. The summed E-state index contributed by atoms with van der Waals surface area (Å²) in [5, 5.41) is 15.3. The molecule has 1 fully saturated rings. The number of ether oxygens (including phenoxy) is 1. The fourth-order valence-corrected chi connectivity index (χ4v) is 4.31. The molecule has 1 aromatic heterocycles. The van der Waals surface area contributed by atoms with E-state index >= 15 is 0 Å². The largest absolute Gasteiger partial charge is 0.384 e. The van der Waals surface area contributed by atoms with Crippen LogP contribution in [-0.2, 0) is 22.5 Å². The number of aliphatic hydroxyl groups is 1. The lowest BCUT2D eigenvalue weighted by Gasteiger charge is -2.38. The van der Waals surface area contributed by atoms with Gasteiger partial charge in [-0.25, -0.2) is 14.8 Å². The molecular formula is C24H32N6O4. The maximum Gasteiger partial charge on any atom is 0.319 e. The Morgan fingerprint density at radius 2 is 2.00 bits per heavy atom. The van der Waals surface area contributed by atoms with Crippen molar-refractivity contribution in [2.75, 3.05) is 43.1 Å². The van der Waals surface area contributed by atoms with Crippen molar-refractivity contribution in [2.24, 2.45) is 0 Å². The number of nitrogens with one attached hydrogen (secondary N) is 2. The number of aromatic nitrogens is 2. The Morgan fingerprint density at radius 1 is 1.24 bits per heavy atom. The van der Waals surface area contributed by atoms with E-state index in [9.17, 15) is 14.7 Å². The molecule has 10 heteroatoms. The van der Waals surface area contributed by atoms with Crippen LogP contribution in [-0.4, -0.2) is 76.9 Å². The van der Waals surface area contributed by atoms with E-state index in [1.807, 2.05) is 31.2 Å². The molecular weight excluding hydrogens is 436 g/mol. The zero-order chi connectivity index (χ0) is 24.2. The van der Waals surface area contributed by atoms with Crippen molar-refractivity contribution in [2.45, 2.75) is 45.9 Å². The number of benzene rings is 1. The highest BCUT2D eigenvalue weighted by Crippen LogP contribution is 2.32. The molecule has 0 spiro atoms. The number of hydrogen-bond donors (Lipinski definition) is 3.